The number of hydrogen-bond acceptors (Lipinski definition) is 3. The molecular weight excluding hydrogens is 116 g/mol. The van der Waals surface area contributed by atoms with Crippen LogP contribution in [0.2, 0.25) is 0 Å². The second kappa shape index (κ2) is 1.48. The SMILES string of the molecule is Nn1ncc2c1CNC2. The number of rotatable bonds is 0. The molecule has 1 aliphatic heterocycles. The van der Waals surface area contributed by atoms with Crippen LogP contribution in [0.3, 0.4) is 0 Å². The summed E-state index contributed by atoms with van der Waals surface area (Å²) < 4.78 is 0. The molecule has 0 radical (unpaired) electrons. The predicted molar refractivity (Wildman–Crippen MR) is 32.9 cm³/mol. The van der Waals surface area contributed by atoms with Crippen molar-refractivity contribution in [3.8, 4) is 0 Å². The van der Waals surface area contributed by atoms with E-state index in [9.17, 15) is 0 Å². The molecule has 0 aromatic carbocycles. The molecule has 48 valence electrons. The summed E-state index contributed by atoms with van der Waals surface area (Å²) in [6.07, 6.45) is 1.80. The molecule has 0 aliphatic carbocycles. The monoisotopic (exact) mass is 124 g/mol. The van der Waals surface area contributed by atoms with Gasteiger partial charge in [0, 0.05) is 18.7 Å². The maximum atomic E-state index is 5.46. The maximum absolute atomic E-state index is 5.46. The molecule has 0 amide bonds. The zero-order chi connectivity index (χ0) is 6.27. The van der Waals surface area contributed by atoms with Crippen molar-refractivity contribution >= 4 is 0 Å². The minimum atomic E-state index is 0.853. The summed E-state index contributed by atoms with van der Waals surface area (Å²) in [6, 6.07) is 0. The Kier molecular flexibility index (Phi) is 0.790. The normalized spacial score (nSPS) is 16.0. The lowest BCUT2D eigenvalue weighted by molar-refractivity contribution is 0.695. The molecule has 0 atom stereocenters. The first-order valence-electron chi connectivity index (χ1n) is 2.89. The molecule has 1 aromatic rings. The first-order valence-corrected chi connectivity index (χ1v) is 2.89. The van der Waals surface area contributed by atoms with Crippen LogP contribution in [0.1, 0.15) is 11.3 Å². The second-order valence-electron chi connectivity index (χ2n) is 2.16. The molecule has 1 aromatic heterocycles. The summed E-state index contributed by atoms with van der Waals surface area (Å²) >= 11 is 0. The lowest BCUT2D eigenvalue weighted by Gasteiger charge is -1.92. The first kappa shape index (κ1) is 4.81. The predicted octanol–water partition coefficient (Wildman–Crippen LogP) is -0.800. The van der Waals surface area contributed by atoms with Crippen molar-refractivity contribution in [3.63, 3.8) is 0 Å². The van der Waals surface area contributed by atoms with Crippen molar-refractivity contribution in [2.45, 2.75) is 13.1 Å². The molecule has 0 unspecified atom stereocenters. The van der Waals surface area contributed by atoms with Crippen LogP contribution in [0, 0.1) is 0 Å². The van der Waals surface area contributed by atoms with Crippen molar-refractivity contribution in [3.05, 3.63) is 17.5 Å². The van der Waals surface area contributed by atoms with E-state index in [1.165, 1.54) is 10.4 Å². The van der Waals surface area contributed by atoms with Crippen LogP contribution in [-0.2, 0) is 13.1 Å². The third-order valence-electron chi connectivity index (χ3n) is 1.59. The Morgan fingerprint density at radius 2 is 2.56 bits per heavy atom. The van der Waals surface area contributed by atoms with Gasteiger partial charge in [0.1, 0.15) is 0 Å². The van der Waals surface area contributed by atoms with Crippen molar-refractivity contribution in [1.29, 1.82) is 0 Å². The fourth-order valence-corrected chi connectivity index (χ4v) is 1.08. The van der Waals surface area contributed by atoms with Crippen molar-refractivity contribution in [2.24, 2.45) is 0 Å². The summed E-state index contributed by atoms with van der Waals surface area (Å²) in [7, 11) is 0. The Morgan fingerprint density at radius 3 is 3.33 bits per heavy atom. The first-order chi connectivity index (χ1) is 4.38. The molecular formula is C5H8N4. The summed E-state index contributed by atoms with van der Waals surface area (Å²) in [5.41, 5.74) is 2.33. The zero-order valence-corrected chi connectivity index (χ0v) is 4.96. The van der Waals surface area contributed by atoms with Crippen molar-refractivity contribution in [1.82, 2.24) is 15.2 Å². The number of nitrogen functional groups attached to an aromatic ring is 1. The third-order valence-corrected chi connectivity index (χ3v) is 1.59. The molecule has 2 heterocycles. The minimum Gasteiger partial charge on any atom is -0.323 e. The number of fused-ring (bicyclic) bond motifs is 1. The van der Waals surface area contributed by atoms with Crippen LogP contribution in [0.25, 0.3) is 0 Å². The van der Waals surface area contributed by atoms with E-state index < -0.39 is 0 Å². The number of aromatic nitrogens is 2. The smallest absolute Gasteiger partial charge is 0.0800 e. The highest BCUT2D eigenvalue weighted by atomic mass is 15.5. The number of hydrogen-bond donors (Lipinski definition) is 2. The molecule has 0 fully saturated rings. The van der Waals surface area contributed by atoms with E-state index in [2.05, 4.69) is 10.4 Å². The van der Waals surface area contributed by atoms with Crippen LogP contribution in [0.4, 0.5) is 0 Å². The zero-order valence-electron chi connectivity index (χ0n) is 4.96. The number of nitrogens with zero attached hydrogens (tertiary/aromatic N) is 2. The van der Waals surface area contributed by atoms with Gasteiger partial charge in [0.2, 0.25) is 0 Å². The van der Waals surface area contributed by atoms with Gasteiger partial charge in [-0.05, 0) is 0 Å². The quantitative estimate of drug-likeness (QED) is 0.445. The third kappa shape index (κ3) is 0.533. The molecule has 2 rings (SSSR count). The van der Waals surface area contributed by atoms with Gasteiger partial charge in [-0.15, -0.1) is 0 Å². The molecule has 4 heteroatoms. The Balaban J connectivity index is 2.56. The van der Waals surface area contributed by atoms with Gasteiger partial charge in [0.15, 0.2) is 0 Å². The highest BCUT2D eigenvalue weighted by Crippen LogP contribution is 2.10. The van der Waals surface area contributed by atoms with Gasteiger partial charge < -0.3 is 11.2 Å². The van der Waals surface area contributed by atoms with E-state index in [1.54, 1.807) is 6.20 Å². The highest BCUT2D eigenvalue weighted by Gasteiger charge is 2.13. The minimum absolute atomic E-state index is 0.853. The maximum Gasteiger partial charge on any atom is 0.0800 e. The molecule has 0 saturated carbocycles. The molecule has 0 bridgehead atoms. The van der Waals surface area contributed by atoms with E-state index in [0.29, 0.717) is 0 Å². The van der Waals surface area contributed by atoms with Crippen LogP contribution in [-0.4, -0.2) is 9.89 Å². The molecule has 0 saturated heterocycles. The van der Waals surface area contributed by atoms with Crippen molar-refractivity contribution < 1.29 is 0 Å². The highest BCUT2D eigenvalue weighted by molar-refractivity contribution is 5.21. The topological polar surface area (TPSA) is 55.9 Å². The standard InChI is InChI=1S/C5H8N4/c6-9-5-3-7-1-4(5)2-8-9/h2,7H,1,3,6H2. The van der Waals surface area contributed by atoms with Crippen molar-refractivity contribution in [2.75, 3.05) is 5.84 Å². The average molecular weight is 124 g/mol. The van der Waals surface area contributed by atoms with Gasteiger partial charge in [-0.2, -0.15) is 9.89 Å². The van der Waals surface area contributed by atoms with E-state index in [1.807, 2.05) is 0 Å². The molecule has 1 aliphatic rings. The average Bonchev–Trinajstić information content (AvgIpc) is 2.35. The lowest BCUT2D eigenvalue weighted by Crippen LogP contribution is -2.15. The van der Waals surface area contributed by atoms with Crippen LogP contribution in [0.15, 0.2) is 6.20 Å². The summed E-state index contributed by atoms with van der Waals surface area (Å²) in [4.78, 5) is 1.43. The fourth-order valence-electron chi connectivity index (χ4n) is 1.08. The van der Waals surface area contributed by atoms with Gasteiger partial charge in [-0.3, -0.25) is 0 Å². The van der Waals surface area contributed by atoms with Crippen LogP contribution in [0.5, 0.6) is 0 Å². The number of nitrogens with two attached hydrogens (primary N) is 1. The van der Waals surface area contributed by atoms with Gasteiger partial charge in [0.25, 0.3) is 0 Å². The Labute approximate surface area is 52.6 Å². The van der Waals surface area contributed by atoms with E-state index >= 15 is 0 Å². The van der Waals surface area contributed by atoms with Gasteiger partial charge in [0.05, 0.1) is 11.9 Å². The molecule has 0 spiro atoms. The van der Waals surface area contributed by atoms with E-state index in [-0.39, 0.29) is 0 Å². The molecule has 9 heavy (non-hydrogen) atoms. The van der Waals surface area contributed by atoms with Gasteiger partial charge in [-0.25, -0.2) is 0 Å². The van der Waals surface area contributed by atoms with Gasteiger partial charge >= 0.3 is 0 Å². The largest absolute Gasteiger partial charge is 0.323 e. The molecule has 3 N–H and O–H groups in total. The Hall–Kier alpha value is -1.03. The number of nitrogens with one attached hydrogen (secondary N) is 1. The Bertz CT molecular complexity index is 227. The van der Waals surface area contributed by atoms with E-state index in [0.717, 1.165) is 18.8 Å². The summed E-state index contributed by atoms with van der Waals surface area (Å²) in [5.74, 6) is 5.46. The fraction of sp³-hybridized carbons (Fsp3) is 0.400. The van der Waals surface area contributed by atoms with Crippen LogP contribution < -0.4 is 11.2 Å². The summed E-state index contributed by atoms with van der Waals surface area (Å²) in [6.45, 7) is 1.76. The second-order valence-corrected chi connectivity index (χ2v) is 2.16. The Morgan fingerprint density at radius 1 is 1.67 bits per heavy atom. The molecule has 4 nitrogen and oxygen atoms in total. The van der Waals surface area contributed by atoms with Crippen LogP contribution >= 0.6 is 0 Å². The van der Waals surface area contributed by atoms with E-state index in [4.69, 9.17) is 5.84 Å². The van der Waals surface area contributed by atoms with Gasteiger partial charge in [-0.1, -0.05) is 0 Å². The lowest BCUT2D eigenvalue weighted by atomic mass is 10.3. The summed E-state index contributed by atoms with van der Waals surface area (Å²) in [5, 5.41) is 7.06.